The molecule has 0 bridgehead atoms. The summed E-state index contributed by atoms with van der Waals surface area (Å²) in [4.78, 5) is 11.0. The number of aromatic nitrogens is 2. The molecule has 1 aliphatic rings. The second kappa shape index (κ2) is 8.48. The largest absolute Gasteiger partial charge is 0.235 e. The van der Waals surface area contributed by atoms with Gasteiger partial charge in [-0.2, -0.15) is 0 Å². The first kappa shape index (κ1) is 24.0. The highest BCUT2D eigenvalue weighted by Gasteiger charge is 2.40. The molecule has 0 radical (unpaired) electrons. The first-order valence-electron chi connectivity index (χ1n) is 14.2. The summed E-state index contributed by atoms with van der Waals surface area (Å²) in [5.74, 6) is 0. The van der Waals surface area contributed by atoms with E-state index in [0.717, 1.165) is 45.1 Å². The van der Waals surface area contributed by atoms with E-state index in [9.17, 15) is 0 Å². The van der Waals surface area contributed by atoms with Crippen LogP contribution in [0.5, 0.6) is 0 Å². The normalized spacial score (nSPS) is 15.1. The lowest BCUT2D eigenvalue weighted by atomic mass is 9.81. The molecule has 2 heterocycles. The van der Waals surface area contributed by atoms with E-state index in [2.05, 4.69) is 97.9 Å². The number of nitrogens with zero attached hydrogens (tertiary/aromatic N) is 2. The standard InChI is InChI=1S/C35H38N2S/c1-33(2,3)18-21-9-11-23-12-13-24(17-25(23)15-21)29-32-30(37-20-36-29)28-31(38-32)26-16-22(19-34(4,5)6)10-14-27(26)35(28,7)8/h9-17,20H,18-19H2,1-8H3/i12D. The lowest BCUT2D eigenvalue weighted by Crippen LogP contribution is -2.15. The zero-order valence-corrected chi connectivity index (χ0v) is 24.7. The minimum absolute atomic E-state index is 0.124. The van der Waals surface area contributed by atoms with Gasteiger partial charge in [0.2, 0.25) is 0 Å². The smallest absolute Gasteiger partial charge is 0.116 e. The van der Waals surface area contributed by atoms with Crippen LogP contribution in [0.3, 0.4) is 0 Å². The molecule has 0 atom stereocenters. The van der Waals surface area contributed by atoms with Gasteiger partial charge in [-0.1, -0.05) is 97.8 Å². The minimum Gasteiger partial charge on any atom is -0.235 e. The highest BCUT2D eigenvalue weighted by Crippen LogP contribution is 2.56. The first-order valence-corrected chi connectivity index (χ1v) is 14.5. The molecule has 0 fully saturated rings. The fraction of sp³-hybridized carbons (Fsp3) is 0.371. The maximum atomic E-state index is 8.82. The number of rotatable bonds is 3. The zero-order chi connectivity index (χ0) is 27.9. The van der Waals surface area contributed by atoms with Gasteiger partial charge < -0.3 is 0 Å². The molecule has 2 nitrogen and oxygen atoms in total. The van der Waals surface area contributed by atoms with E-state index in [1.165, 1.54) is 32.7 Å². The van der Waals surface area contributed by atoms with Crippen LogP contribution >= 0.6 is 11.3 Å². The van der Waals surface area contributed by atoms with E-state index in [-0.39, 0.29) is 16.2 Å². The van der Waals surface area contributed by atoms with Crippen molar-refractivity contribution < 1.29 is 1.37 Å². The van der Waals surface area contributed by atoms with Gasteiger partial charge in [-0.25, -0.2) is 9.97 Å². The highest BCUT2D eigenvalue weighted by molar-refractivity contribution is 7.23. The Bertz CT molecular complexity index is 1760. The Balaban J connectivity index is 1.52. The maximum Gasteiger partial charge on any atom is 0.116 e. The van der Waals surface area contributed by atoms with Crippen molar-refractivity contribution >= 4 is 32.3 Å². The third kappa shape index (κ3) is 4.35. The van der Waals surface area contributed by atoms with Crippen LogP contribution in [0.2, 0.25) is 0 Å². The molecular formula is C35H38N2S. The fourth-order valence-electron chi connectivity index (χ4n) is 6.15. The molecule has 3 heteroatoms. The summed E-state index contributed by atoms with van der Waals surface area (Å²) in [6.07, 6.45) is 3.76. The van der Waals surface area contributed by atoms with Gasteiger partial charge in [-0.3, -0.25) is 0 Å². The van der Waals surface area contributed by atoms with Crippen LogP contribution in [0.25, 0.3) is 42.7 Å². The monoisotopic (exact) mass is 519 g/mol. The molecule has 0 amide bonds. The summed E-state index contributed by atoms with van der Waals surface area (Å²) in [6.45, 7) is 18.3. The molecular weight excluding hydrogens is 480 g/mol. The van der Waals surface area contributed by atoms with Crippen LogP contribution in [0.4, 0.5) is 0 Å². The molecule has 3 aromatic carbocycles. The Morgan fingerprint density at radius 2 is 1.50 bits per heavy atom. The van der Waals surface area contributed by atoms with Crippen molar-refractivity contribution in [1.29, 1.82) is 0 Å². The molecule has 0 aliphatic heterocycles. The quantitative estimate of drug-likeness (QED) is 0.237. The summed E-state index contributed by atoms with van der Waals surface area (Å²) < 4.78 is 9.94. The van der Waals surface area contributed by atoms with Crippen molar-refractivity contribution in [3.05, 3.63) is 83.2 Å². The van der Waals surface area contributed by atoms with Crippen molar-refractivity contribution in [3.8, 4) is 21.7 Å². The third-order valence-corrected chi connectivity index (χ3v) is 8.87. The van der Waals surface area contributed by atoms with Crippen LogP contribution in [-0.4, -0.2) is 9.97 Å². The van der Waals surface area contributed by atoms with Crippen LogP contribution in [0.15, 0.2) is 60.9 Å². The highest BCUT2D eigenvalue weighted by atomic mass is 32.1. The van der Waals surface area contributed by atoms with E-state index >= 15 is 0 Å². The van der Waals surface area contributed by atoms with E-state index in [4.69, 9.17) is 11.3 Å². The molecule has 1 aliphatic carbocycles. The van der Waals surface area contributed by atoms with Crippen molar-refractivity contribution in [2.75, 3.05) is 0 Å². The Morgan fingerprint density at radius 3 is 2.21 bits per heavy atom. The topological polar surface area (TPSA) is 25.8 Å². The molecule has 6 rings (SSSR count). The summed E-state index contributed by atoms with van der Waals surface area (Å²) in [5, 5.41) is 2.09. The molecule has 0 unspecified atom stereocenters. The summed E-state index contributed by atoms with van der Waals surface area (Å²) in [5.41, 5.74) is 10.0. The van der Waals surface area contributed by atoms with Crippen molar-refractivity contribution in [1.82, 2.24) is 9.97 Å². The SMILES string of the molecule is [2H]c1cc(-c2ncnc3c4c(sc23)-c2cc(CC(C)(C)C)ccc2C4(C)C)cc2cc(CC(C)(C)C)ccc12. The van der Waals surface area contributed by atoms with Crippen molar-refractivity contribution in [2.45, 2.75) is 73.6 Å². The van der Waals surface area contributed by atoms with E-state index in [1.54, 1.807) is 6.33 Å². The summed E-state index contributed by atoms with van der Waals surface area (Å²) in [7, 11) is 0. The Labute approximate surface area is 232 Å². The van der Waals surface area contributed by atoms with Gasteiger partial charge >= 0.3 is 0 Å². The van der Waals surface area contributed by atoms with Gasteiger partial charge in [0.05, 0.1) is 17.3 Å². The molecule has 38 heavy (non-hydrogen) atoms. The molecule has 194 valence electrons. The predicted molar refractivity (Wildman–Crippen MR) is 164 cm³/mol. The van der Waals surface area contributed by atoms with Crippen LogP contribution in [-0.2, 0) is 18.3 Å². The van der Waals surface area contributed by atoms with Crippen molar-refractivity contribution in [2.24, 2.45) is 10.8 Å². The molecule has 2 aromatic heterocycles. The van der Waals surface area contributed by atoms with Gasteiger partial charge in [0.25, 0.3) is 0 Å². The summed E-state index contributed by atoms with van der Waals surface area (Å²) in [6, 6.07) is 18.3. The lowest BCUT2D eigenvalue weighted by molar-refractivity contribution is 0.411. The molecule has 5 aromatic rings. The van der Waals surface area contributed by atoms with Gasteiger partial charge in [-0.15, -0.1) is 11.3 Å². The van der Waals surface area contributed by atoms with E-state index in [0.29, 0.717) is 6.04 Å². The van der Waals surface area contributed by atoms with Gasteiger partial charge in [0.15, 0.2) is 0 Å². The first-order chi connectivity index (χ1) is 18.2. The second-order valence-electron chi connectivity index (χ2n) is 14.0. The van der Waals surface area contributed by atoms with E-state index in [1.807, 2.05) is 17.4 Å². The van der Waals surface area contributed by atoms with Gasteiger partial charge in [-0.05, 0) is 68.8 Å². The second-order valence-corrected chi connectivity index (χ2v) is 15.0. The van der Waals surface area contributed by atoms with Crippen molar-refractivity contribution in [3.63, 3.8) is 0 Å². The predicted octanol–water partition coefficient (Wildman–Crippen LogP) is 9.99. The van der Waals surface area contributed by atoms with Crippen LogP contribution < -0.4 is 0 Å². The minimum atomic E-state index is -0.124. The molecule has 0 saturated carbocycles. The summed E-state index contributed by atoms with van der Waals surface area (Å²) >= 11 is 1.82. The zero-order valence-electron chi connectivity index (χ0n) is 24.9. The van der Waals surface area contributed by atoms with Gasteiger partial charge in [0.1, 0.15) is 6.33 Å². The maximum absolute atomic E-state index is 8.82. The Hall–Kier alpha value is -3.04. The molecule has 0 saturated heterocycles. The number of benzene rings is 3. The number of thiophene rings is 1. The fourth-order valence-corrected chi connectivity index (χ4v) is 7.61. The lowest BCUT2D eigenvalue weighted by Gasteiger charge is -2.22. The average molecular weight is 520 g/mol. The molecule has 0 N–H and O–H groups in total. The number of fused-ring (bicyclic) bond motifs is 6. The van der Waals surface area contributed by atoms with Gasteiger partial charge in [0, 0.05) is 21.4 Å². The van der Waals surface area contributed by atoms with E-state index < -0.39 is 0 Å². The average Bonchev–Trinajstić information content (AvgIpc) is 3.31. The van der Waals surface area contributed by atoms with Crippen LogP contribution in [0.1, 0.15) is 79.0 Å². The van der Waals surface area contributed by atoms with Crippen LogP contribution in [0, 0.1) is 10.8 Å². The Morgan fingerprint density at radius 1 is 0.816 bits per heavy atom. The number of hydrogen-bond acceptors (Lipinski definition) is 3. The molecule has 0 spiro atoms. The number of hydrogen-bond donors (Lipinski definition) is 0. The Kier molecular flexibility index (Phi) is 5.36. The third-order valence-electron chi connectivity index (χ3n) is 7.65.